The predicted molar refractivity (Wildman–Crippen MR) is 70.5 cm³/mol. The van der Waals surface area contributed by atoms with E-state index in [4.69, 9.17) is 0 Å². The van der Waals surface area contributed by atoms with Crippen molar-refractivity contribution in [1.29, 1.82) is 0 Å². The van der Waals surface area contributed by atoms with E-state index in [9.17, 15) is 4.79 Å². The van der Waals surface area contributed by atoms with E-state index in [1.54, 1.807) is 0 Å². The highest BCUT2D eigenvalue weighted by Gasteiger charge is 2.12. The van der Waals surface area contributed by atoms with Crippen LogP contribution in [0.3, 0.4) is 0 Å². The molecule has 0 heterocycles. The van der Waals surface area contributed by atoms with Gasteiger partial charge in [-0.3, -0.25) is 4.79 Å². The first-order valence-corrected chi connectivity index (χ1v) is 6.23. The molecule has 0 aliphatic heterocycles. The second-order valence-electron chi connectivity index (χ2n) is 3.64. The van der Waals surface area contributed by atoms with Crippen molar-refractivity contribution in [3.63, 3.8) is 0 Å². The number of benzene rings is 1. The van der Waals surface area contributed by atoms with E-state index < -0.39 is 0 Å². The van der Waals surface area contributed by atoms with Crippen molar-refractivity contribution in [2.45, 2.75) is 26.3 Å². The molecule has 0 saturated carbocycles. The van der Waals surface area contributed by atoms with Crippen molar-refractivity contribution in [3.05, 3.63) is 28.7 Å². The third-order valence-corrected chi connectivity index (χ3v) is 2.88. The van der Waals surface area contributed by atoms with Crippen LogP contribution in [0.4, 0.5) is 5.69 Å². The minimum atomic E-state index is -0.231. The summed E-state index contributed by atoms with van der Waals surface area (Å²) in [5.41, 5.74) is 0.932. The van der Waals surface area contributed by atoms with Crippen LogP contribution < -0.4 is 10.6 Å². The molecule has 0 saturated heterocycles. The average Bonchev–Trinajstić information content (AvgIpc) is 2.28. The zero-order valence-corrected chi connectivity index (χ0v) is 11.2. The zero-order chi connectivity index (χ0) is 12.0. The van der Waals surface area contributed by atoms with E-state index in [0.29, 0.717) is 0 Å². The van der Waals surface area contributed by atoms with Crippen molar-refractivity contribution in [3.8, 4) is 0 Å². The molecule has 88 valence electrons. The predicted octanol–water partition coefficient (Wildman–Crippen LogP) is 2.78. The molecule has 1 unspecified atom stereocenters. The van der Waals surface area contributed by atoms with Crippen LogP contribution in [0.5, 0.6) is 0 Å². The van der Waals surface area contributed by atoms with Crippen LogP contribution in [0, 0.1) is 0 Å². The van der Waals surface area contributed by atoms with Gasteiger partial charge in [-0.2, -0.15) is 0 Å². The number of para-hydroxylation sites is 1. The van der Waals surface area contributed by atoms with E-state index in [1.807, 2.05) is 38.1 Å². The van der Waals surface area contributed by atoms with Crippen molar-refractivity contribution >= 4 is 27.5 Å². The first-order chi connectivity index (χ1) is 7.65. The summed E-state index contributed by atoms with van der Waals surface area (Å²) in [6.45, 7) is 4.61. The molecule has 1 rings (SSSR count). The number of anilines is 1. The van der Waals surface area contributed by atoms with Gasteiger partial charge in [-0.05, 0) is 41.4 Å². The maximum absolute atomic E-state index is 11.6. The normalized spacial score (nSPS) is 11.9. The van der Waals surface area contributed by atoms with Crippen molar-refractivity contribution in [2.75, 3.05) is 11.9 Å². The quantitative estimate of drug-likeness (QED) is 0.873. The van der Waals surface area contributed by atoms with Crippen LogP contribution in [0.1, 0.15) is 20.3 Å². The molecule has 0 aliphatic rings. The summed E-state index contributed by atoms with van der Waals surface area (Å²) in [7, 11) is 0. The smallest absolute Gasteiger partial charge is 0.242 e. The Morgan fingerprint density at radius 2 is 2.12 bits per heavy atom. The minimum Gasteiger partial charge on any atom is -0.373 e. The molecular weight excluding hydrogens is 268 g/mol. The molecule has 16 heavy (non-hydrogen) atoms. The van der Waals surface area contributed by atoms with Crippen molar-refractivity contribution in [2.24, 2.45) is 0 Å². The highest BCUT2D eigenvalue weighted by Crippen LogP contribution is 2.21. The molecule has 1 atom stereocenters. The number of nitrogens with one attached hydrogen (secondary N) is 2. The summed E-state index contributed by atoms with van der Waals surface area (Å²) in [6.07, 6.45) is 0.952. The lowest BCUT2D eigenvalue weighted by Crippen LogP contribution is -2.37. The van der Waals surface area contributed by atoms with Crippen LogP contribution in [0.2, 0.25) is 0 Å². The maximum atomic E-state index is 11.6. The SMILES string of the molecule is CCCNC(=O)C(C)Nc1ccccc1Br. The van der Waals surface area contributed by atoms with Crippen LogP contribution in [0.25, 0.3) is 0 Å². The number of halogens is 1. The van der Waals surface area contributed by atoms with Gasteiger partial charge in [-0.1, -0.05) is 19.1 Å². The zero-order valence-electron chi connectivity index (χ0n) is 9.59. The Balaban J connectivity index is 2.54. The Kier molecular flexibility index (Phi) is 5.32. The number of carbonyl (C=O) groups excluding carboxylic acids is 1. The Morgan fingerprint density at radius 1 is 1.44 bits per heavy atom. The molecule has 1 amide bonds. The molecule has 0 spiro atoms. The van der Waals surface area contributed by atoms with Gasteiger partial charge in [0.25, 0.3) is 0 Å². The first-order valence-electron chi connectivity index (χ1n) is 5.44. The van der Waals surface area contributed by atoms with Gasteiger partial charge in [0.15, 0.2) is 0 Å². The largest absolute Gasteiger partial charge is 0.373 e. The first kappa shape index (κ1) is 13.0. The second kappa shape index (κ2) is 6.53. The molecule has 2 N–H and O–H groups in total. The van der Waals surface area contributed by atoms with Crippen LogP contribution in [-0.2, 0) is 4.79 Å². The molecule has 1 aromatic rings. The number of rotatable bonds is 5. The van der Waals surface area contributed by atoms with Crippen molar-refractivity contribution in [1.82, 2.24) is 5.32 Å². The van der Waals surface area contributed by atoms with Gasteiger partial charge < -0.3 is 10.6 Å². The monoisotopic (exact) mass is 284 g/mol. The van der Waals surface area contributed by atoms with E-state index in [-0.39, 0.29) is 11.9 Å². The fourth-order valence-corrected chi connectivity index (χ4v) is 1.68. The summed E-state index contributed by atoms with van der Waals surface area (Å²) in [5, 5.41) is 6.01. The molecular formula is C12H17BrN2O. The Labute approximate surface area is 105 Å². The lowest BCUT2D eigenvalue weighted by molar-refractivity contribution is -0.121. The fraction of sp³-hybridized carbons (Fsp3) is 0.417. The van der Waals surface area contributed by atoms with Gasteiger partial charge in [0.1, 0.15) is 6.04 Å². The lowest BCUT2D eigenvalue weighted by atomic mass is 10.2. The van der Waals surface area contributed by atoms with E-state index in [2.05, 4.69) is 26.6 Å². The molecule has 0 bridgehead atoms. The van der Waals surface area contributed by atoms with E-state index >= 15 is 0 Å². The van der Waals surface area contributed by atoms with E-state index in [0.717, 1.165) is 23.1 Å². The van der Waals surface area contributed by atoms with Gasteiger partial charge >= 0.3 is 0 Å². The highest BCUT2D eigenvalue weighted by molar-refractivity contribution is 9.10. The summed E-state index contributed by atoms with van der Waals surface area (Å²) in [5.74, 6) is 0.0256. The third kappa shape index (κ3) is 3.85. The van der Waals surface area contributed by atoms with Crippen LogP contribution in [0.15, 0.2) is 28.7 Å². The van der Waals surface area contributed by atoms with Gasteiger partial charge in [0.05, 0.1) is 0 Å². The van der Waals surface area contributed by atoms with Gasteiger partial charge in [-0.25, -0.2) is 0 Å². The Bertz CT molecular complexity index is 355. The maximum Gasteiger partial charge on any atom is 0.242 e. The molecule has 0 aromatic heterocycles. The summed E-state index contributed by atoms with van der Waals surface area (Å²) in [4.78, 5) is 11.6. The van der Waals surface area contributed by atoms with Crippen molar-refractivity contribution < 1.29 is 4.79 Å². The van der Waals surface area contributed by atoms with Gasteiger partial charge in [0, 0.05) is 16.7 Å². The number of hydrogen-bond acceptors (Lipinski definition) is 2. The molecule has 0 fully saturated rings. The molecule has 3 nitrogen and oxygen atoms in total. The van der Waals surface area contributed by atoms with Gasteiger partial charge in [0.2, 0.25) is 5.91 Å². The number of hydrogen-bond donors (Lipinski definition) is 2. The lowest BCUT2D eigenvalue weighted by Gasteiger charge is -2.15. The molecule has 0 radical (unpaired) electrons. The summed E-state index contributed by atoms with van der Waals surface area (Å²) in [6, 6.07) is 7.53. The standard InChI is InChI=1S/C12H17BrN2O/c1-3-8-14-12(16)9(2)15-11-7-5-4-6-10(11)13/h4-7,9,15H,3,8H2,1-2H3,(H,14,16). The van der Waals surface area contributed by atoms with E-state index in [1.165, 1.54) is 0 Å². The molecule has 4 heteroatoms. The molecule has 1 aromatic carbocycles. The molecule has 0 aliphatic carbocycles. The summed E-state index contributed by atoms with van der Waals surface area (Å²) >= 11 is 3.43. The topological polar surface area (TPSA) is 41.1 Å². The van der Waals surface area contributed by atoms with Gasteiger partial charge in [-0.15, -0.1) is 0 Å². The van der Waals surface area contributed by atoms with Crippen LogP contribution >= 0.6 is 15.9 Å². The second-order valence-corrected chi connectivity index (χ2v) is 4.49. The fourth-order valence-electron chi connectivity index (χ4n) is 1.28. The highest BCUT2D eigenvalue weighted by atomic mass is 79.9. The Hall–Kier alpha value is -1.03. The number of amides is 1. The number of carbonyl (C=O) groups is 1. The average molecular weight is 285 g/mol. The summed E-state index contributed by atoms with van der Waals surface area (Å²) < 4.78 is 0.963. The third-order valence-electron chi connectivity index (χ3n) is 2.19. The van der Waals surface area contributed by atoms with Crippen LogP contribution in [-0.4, -0.2) is 18.5 Å². The minimum absolute atomic E-state index is 0.0256. The Morgan fingerprint density at radius 3 is 2.75 bits per heavy atom.